The third-order valence-electron chi connectivity index (χ3n) is 3.42. The van der Waals surface area contributed by atoms with Crippen LogP contribution in [0.3, 0.4) is 0 Å². The lowest BCUT2D eigenvalue weighted by atomic mass is 10.1. The zero-order valence-corrected chi connectivity index (χ0v) is 13.2. The highest BCUT2D eigenvalue weighted by molar-refractivity contribution is 5.63. The molecule has 0 saturated heterocycles. The zero-order chi connectivity index (χ0) is 14.6. The van der Waals surface area contributed by atoms with Crippen LogP contribution in [0.5, 0.6) is 5.75 Å². The van der Waals surface area contributed by atoms with Crippen LogP contribution in [0.15, 0.2) is 30.5 Å². The van der Waals surface area contributed by atoms with Crippen molar-refractivity contribution in [3.8, 4) is 5.75 Å². The van der Waals surface area contributed by atoms with Crippen molar-refractivity contribution in [2.75, 3.05) is 13.7 Å². The molecule has 0 fully saturated rings. The van der Waals surface area contributed by atoms with Crippen LogP contribution >= 0.6 is 0 Å². The van der Waals surface area contributed by atoms with Gasteiger partial charge in [-0.1, -0.05) is 51.2 Å². The molecule has 0 aliphatic carbocycles. The average molecular weight is 276 g/mol. The average Bonchev–Trinajstić information content (AvgIpc) is 2.50. The predicted molar refractivity (Wildman–Crippen MR) is 86.0 cm³/mol. The Balaban J connectivity index is 2.20. The van der Waals surface area contributed by atoms with E-state index in [0.717, 1.165) is 24.4 Å². The largest absolute Gasteiger partial charge is 0.501 e. The van der Waals surface area contributed by atoms with Crippen molar-refractivity contribution in [3.05, 3.63) is 36.1 Å². The van der Waals surface area contributed by atoms with E-state index in [1.807, 2.05) is 18.4 Å². The quantitative estimate of drug-likeness (QED) is 0.419. The summed E-state index contributed by atoms with van der Waals surface area (Å²) in [4.78, 5) is 0. The van der Waals surface area contributed by atoms with E-state index < -0.39 is 0 Å². The Morgan fingerprint density at radius 2 is 1.65 bits per heavy atom. The minimum atomic E-state index is 0.819. The lowest BCUT2D eigenvalue weighted by Crippen LogP contribution is -1.90. The summed E-state index contributed by atoms with van der Waals surface area (Å²) in [6, 6.07) is 8.05. The molecule has 0 heterocycles. The molecule has 20 heavy (non-hydrogen) atoms. The summed E-state index contributed by atoms with van der Waals surface area (Å²) in [6.45, 7) is 5.14. The first-order valence-electron chi connectivity index (χ1n) is 7.70. The molecular formula is C18H28O2. The first-order valence-corrected chi connectivity index (χ1v) is 7.70. The fraction of sp³-hybridized carbons (Fsp3) is 0.556. The van der Waals surface area contributed by atoms with Crippen LogP contribution in [-0.2, 0) is 4.74 Å². The Hall–Kier alpha value is -1.44. The third-order valence-corrected chi connectivity index (χ3v) is 3.42. The van der Waals surface area contributed by atoms with Gasteiger partial charge in [-0.15, -0.1) is 0 Å². The lowest BCUT2D eigenvalue weighted by Gasteiger charge is -2.05. The van der Waals surface area contributed by atoms with Crippen LogP contribution in [0.2, 0.25) is 0 Å². The van der Waals surface area contributed by atoms with E-state index in [-0.39, 0.29) is 0 Å². The molecule has 0 radical (unpaired) electrons. The van der Waals surface area contributed by atoms with Gasteiger partial charge in [-0.25, -0.2) is 0 Å². The van der Waals surface area contributed by atoms with Crippen LogP contribution in [-0.4, -0.2) is 13.7 Å². The van der Waals surface area contributed by atoms with Gasteiger partial charge in [0.2, 0.25) is 0 Å². The molecule has 2 heteroatoms. The number of hydrogen-bond donors (Lipinski definition) is 0. The van der Waals surface area contributed by atoms with Gasteiger partial charge in [-0.3, -0.25) is 0 Å². The van der Waals surface area contributed by atoms with Gasteiger partial charge in [0.1, 0.15) is 5.75 Å². The van der Waals surface area contributed by atoms with Gasteiger partial charge in [0.25, 0.3) is 0 Å². The van der Waals surface area contributed by atoms with Crippen molar-refractivity contribution in [1.29, 1.82) is 0 Å². The fourth-order valence-corrected chi connectivity index (χ4v) is 2.07. The third kappa shape index (κ3) is 6.65. The number of hydrogen-bond acceptors (Lipinski definition) is 2. The molecule has 0 aliphatic heterocycles. The molecule has 1 aromatic carbocycles. The van der Waals surface area contributed by atoms with E-state index in [9.17, 15) is 0 Å². The smallest absolute Gasteiger partial charge is 0.118 e. The maximum Gasteiger partial charge on any atom is 0.118 e. The molecule has 2 nitrogen and oxygen atoms in total. The molecule has 1 rings (SSSR count). The highest BCUT2D eigenvalue weighted by atomic mass is 16.5. The molecule has 112 valence electrons. The van der Waals surface area contributed by atoms with E-state index in [1.54, 1.807) is 7.11 Å². The lowest BCUT2D eigenvalue weighted by molar-refractivity contribution is 0.241. The van der Waals surface area contributed by atoms with E-state index in [2.05, 4.69) is 26.0 Å². The summed E-state index contributed by atoms with van der Waals surface area (Å²) < 4.78 is 10.8. The van der Waals surface area contributed by atoms with Crippen LogP contribution in [0, 0.1) is 0 Å². The number of allylic oxidation sites excluding steroid dienone is 1. The monoisotopic (exact) mass is 276 g/mol. The van der Waals surface area contributed by atoms with Gasteiger partial charge in [-0.2, -0.15) is 0 Å². The van der Waals surface area contributed by atoms with Gasteiger partial charge in [0, 0.05) is 0 Å². The summed E-state index contributed by atoms with van der Waals surface area (Å²) >= 11 is 0. The fourth-order valence-electron chi connectivity index (χ4n) is 2.07. The number of ether oxygens (including phenoxy) is 2. The van der Waals surface area contributed by atoms with Crippen LogP contribution in [0.4, 0.5) is 0 Å². The van der Waals surface area contributed by atoms with Crippen molar-refractivity contribution in [2.45, 2.75) is 52.4 Å². The molecule has 0 atom stereocenters. The highest BCUT2D eigenvalue weighted by Crippen LogP contribution is 2.18. The second-order valence-corrected chi connectivity index (χ2v) is 5.17. The highest BCUT2D eigenvalue weighted by Gasteiger charge is 1.97. The van der Waals surface area contributed by atoms with Crippen molar-refractivity contribution in [1.82, 2.24) is 0 Å². The number of rotatable bonds is 10. The molecule has 0 spiro atoms. The van der Waals surface area contributed by atoms with Gasteiger partial charge in [0.05, 0.1) is 20.0 Å². The molecule has 0 unspecified atom stereocenters. The summed E-state index contributed by atoms with van der Waals surface area (Å²) in [5, 5.41) is 0. The standard InChI is InChI=1S/C18H28O2/c1-4-5-6-7-8-9-14-20-15-16(2)17-10-12-18(19-3)13-11-17/h10-13,15H,4-9,14H2,1-3H3/b16-15+. The molecular weight excluding hydrogens is 248 g/mol. The Morgan fingerprint density at radius 1 is 1.00 bits per heavy atom. The predicted octanol–water partition coefficient (Wildman–Crippen LogP) is 5.43. The SMILES string of the molecule is CCCCCCCCO/C=C(\C)c1ccc(OC)cc1. The second kappa shape index (κ2) is 10.4. The van der Waals surface area contributed by atoms with E-state index >= 15 is 0 Å². The van der Waals surface area contributed by atoms with Crippen molar-refractivity contribution < 1.29 is 9.47 Å². The minimum Gasteiger partial charge on any atom is -0.501 e. The van der Waals surface area contributed by atoms with Crippen molar-refractivity contribution in [3.63, 3.8) is 0 Å². The molecule has 0 aromatic heterocycles. The maximum atomic E-state index is 5.62. The van der Waals surface area contributed by atoms with E-state index in [1.165, 1.54) is 37.7 Å². The maximum absolute atomic E-state index is 5.62. The van der Waals surface area contributed by atoms with E-state index in [4.69, 9.17) is 9.47 Å². The summed E-state index contributed by atoms with van der Waals surface area (Å²) in [5.41, 5.74) is 2.33. The Labute approximate surface area is 123 Å². The van der Waals surface area contributed by atoms with Gasteiger partial charge in [-0.05, 0) is 36.6 Å². The second-order valence-electron chi connectivity index (χ2n) is 5.17. The molecule has 0 bridgehead atoms. The normalized spacial score (nSPS) is 11.4. The first-order chi connectivity index (χ1) is 9.77. The number of benzene rings is 1. The van der Waals surface area contributed by atoms with Crippen LogP contribution in [0.25, 0.3) is 5.57 Å². The van der Waals surface area contributed by atoms with Gasteiger partial charge < -0.3 is 9.47 Å². The summed E-state index contributed by atoms with van der Waals surface area (Å²) in [7, 11) is 1.68. The first kappa shape index (κ1) is 16.6. The molecule has 0 amide bonds. The Bertz CT molecular complexity index is 379. The molecule has 0 aliphatic rings. The molecule has 0 saturated carbocycles. The molecule has 0 N–H and O–H groups in total. The number of unbranched alkanes of at least 4 members (excludes halogenated alkanes) is 5. The number of methoxy groups -OCH3 is 1. The summed E-state index contributed by atoms with van der Waals surface area (Å²) in [5.74, 6) is 0.884. The van der Waals surface area contributed by atoms with Crippen molar-refractivity contribution >= 4 is 5.57 Å². The minimum absolute atomic E-state index is 0.819. The molecule has 1 aromatic rings. The van der Waals surface area contributed by atoms with Gasteiger partial charge >= 0.3 is 0 Å². The van der Waals surface area contributed by atoms with Gasteiger partial charge in [0.15, 0.2) is 0 Å². The van der Waals surface area contributed by atoms with Crippen LogP contribution < -0.4 is 4.74 Å². The topological polar surface area (TPSA) is 18.5 Å². The van der Waals surface area contributed by atoms with E-state index in [0.29, 0.717) is 0 Å². The van der Waals surface area contributed by atoms with Crippen molar-refractivity contribution in [2.24, 2.45) is 0 Å². The Kier molecular flexibility index (Phi) is 8.61. The summed E-state index contributed by atoms with van der Waals surface area (Å²) in [6.07, 6.45) is 9.65. The van der Waals surface area contributed by atoms with Crippen LogP contribution in [0.1, 0.15) is 57.9 Å². The zero-order valence-electron chi connectivity index (χ0n) is 13.2. The Morgan fingerprint density at radius 3 is 2.30 bits per heavy atom.